The molecule has 0 spiro atoms. The molecule has 3 heteroatoms. The predicted octanol–water partition coefficient (Wildman–Crippen LogP) is 2.59. The van der Waals surface area contributed by atoms with Gasteiger partial charge in [0.05, 0.1) is 0 Å². The second-order valence-corrected chi connectivity index (χ2v) is 7.87. The van der Waals surface area contributed by atoms with Crippen molar-refractivity contribution in [1.82, 2.24) is 10.2 Å². The summed E-state index contributed by atoms with van der Waals surface area (Å²) in [7, 11) is 2.35. The van der Waals surface area contributed by atoms with E-state index in [-0.39, 0.29) is 5.54 Å². The third kappa shape index (κ3) is 3.62. The minimum atomic E-state index is 0.266. The van der Waals surface area contributed by atoms with Crippen LogP contribution in [-0.2, 0) is 0 Å². The normalized spacial score (nSPS) is 34.1. The molecule has 2 rings (SSSR count). The van der Waals surface area contributed by atoms with Gasteiger partial charge in [0.15, 0.2) is 0 Å². The molecular weight excluding hydrogens is 228 g/mol. The van der Waals surface area contributed by atoms with E-state index < -0.39 is 0 Å². The van der Waals surface area contributed by atoms with Crippen LogP contribution >= 0.6 is 11.8 Å². The van der Waals surface area contributed by atoms with Crippen molar-refractivity contribution in [1.29, 1.82) is 0 Å². The SMILES string of the molecule is CN(C1CCSC1)C1CCC1CNC(C)(C)C. The van der Waals surface area contributed by atoms with E-state index in [0.717, 1.165) is 18.0 Å². The van der Waals surface area contributed by atoms with Crippen LogP contribution in [0.3, 0.4) is 0 Å². The molecule has 0 aromatic rings. The molecule has 0 aromatic carbocycles. The fourth-order valence-corrected chi connectivity index (χ4v) is 4.16. The summed E-state index contributed by atoms with van der Waals surface area (Å²) in [4.78, 5) is 2.68. The predicted molar refractivity (Wildman–Crippen MR) is 77.8 cm³/mol. The third-order valence-corrected chi connectivity index (χ3v) is 5.42. The Kier molecular flexibility index (Phi) is 4.43. The van der Waals surface area contributed by atoms with Gasteiger partial charge >= 0.3 is 0 Å². The van der Waals surface area contributed by atoms with Crippen LogP contribution in [0.15, 0.2) is 0 Å². The van der Waals surface area contributed by atoms with E-state index in [1.807, 2.05) is 0 Å². The highest BCUT2D eigenvalue weighted by molar-refractivity contribution is 7.99. The average molecular weight is 256 g/mol. The lowest BCUT2D eigenvalue weighted by Gasteiger charge is -2.46. The molecule has 1 N–H and O–H groups in total. The van der Waals surface area contributed by atoms with Crippen molar-refractivity contribution in [3.05, 3.63) is 0 Å². The van der Waals surface area contributed by atoms with Crippen LogP contribution in [0.25, 0.3) is 0 Å². The van der Waals surface area contributed by atoms with Gasteiger partial charge in [0.2, 0.25) is 0 Å². The Morgan fingerprint density at radius 2 is 2.00 bits per heavy atom. The van der Waals surface area contributed by atoms with Gasteiger partial charge in [0.25, 0.3) is 0 Å². The summed E-state index contributed by atoms with van der Waals surface area (Å²) in [6.45, 7) is 7.98. The molecule has 1 aliphatic carbocycles. The summed E-state index contributed by atoms with van der Waals surface area (Å²) in [5.41, 5.74) is 0.266. The van der Waals surface area contributed by atoms with E-state index in [2.05, 4.69) is 49.8 Å². The fraction of sp³-hybridized carbons (Fsp3) is 1.00. The van der Waals surface area contributed by atoms with Crippen molar-refractivity contribution in [3.63, 3.8) is 0 Å². The van der Waals surface area contributed by atoms with Gasteiger partial charge in [0, 0.05) is 23.4 Å². The minimum absolute atomic E-state index is 0.266. The topological polar surface area (TPSA) is 15.3 Å². The Bertz CT molecular complexity index is 243. The molecule has 0 bridgehead atoms. The number of nitrogens with one attached hydrogen (secondary N) is 1. The first-order chi connectivity index (χ1) is 7.97. The number of hydrogen-bond acceptors (Lipinski definition) is 3. The Morgan fingerprint density at radius 1 is 1.24 bits per heavy atom. The molecule has 0 radical (unpaired) electrons. The Hall–Kier alpha value is 0.270. The molecule has 0 amide bonds. The van der Waals surface area contributed by atoms with Crippen LogP contribution in [-0.4, -0.2) is 47.6 Å². The van der Waals surface area contributed by atoms with E-state index in [4.69, 9.17) is 0 Å². The summed E-state index contributed by atoms with van der Waals surface area (Å²) in [5.74, 6) is 3.60. The molecule has 2 aliphatic rings. The molecule has 0 aromatic heterocycles. The van der Waals surface area contributed by atoms with E-state index in [0.29, 0.717) is 0 Å². The van der Waals surface area contributed by atoms with Crippen molar-refractivity contribution < 1.29 is 0 Å². The Labute approximate surface area is 111 Å². The minimum Gasteiger partial charge on any atom is -0.312 e. The quantitative estimate of drug-likeness (QED) is 0.832. The summed E-state index contributed by atoms with van der Waals surface area (Å²) >= 11 is 2.12. The van der Waals surface area contributed by atoms with Crippen LogP contribution in [0, 0.1) is 5.92 Å². The molecular formula is C14H28N2S. The lowest BCUT2D eigenvalue weighted by atomic mass is 9.77. The highest BCUT2D eigenvalue weighted by Gasteiger charge is 2.37. The van der Waals surface area contributed by atoms with Crippen LogP contribution in [0.1, 0.15) is 40.0 Å². The molecule has 3 atom stereocenters. The molecule has 2 fully saturated rings. The maximum absolute atomic E-state index is 3.67. The van der Waals surface area contributed by atoms with Crippen molar-refractivity contribution in [2.75, 3.05) is 25.1 Å². The van der Waals surface area contributed by atoms with E-state index >= 15 is 0 Å². The molecule has 1 saturated heterocycles. The van der Waals surface area contributed by atoms with Gasteiger partial charge in [-0.1, -0.05) is 0 Å². The molecule has 100 valence electrons. The zero-order valence-electron chi connectivity index (χ0n) is 11.8. The van der Waals surface area contributed by atoms with Crippen LogP contribution in [0.2, 0.25) is 0 Å². The third-order valence-electron chi connectivity index (χ3n) is 4.28. The fourth-order valence-electron chi connectivity index (χ4n) is 2.88. The van der Waals surface area contributed by atoms with E-state index in [1.54, 1.807) is 0 Å². The number of thioether (sulfide) groups is 1. The molecule has 3 unspecified atom stereocenters. The van der Waals surface area contributed by atoms with Crippen molar-refractivity contribution in [2.24, 2.45) is 5.92 Å². The van der Waals surface area contributed by atoms with Gasteiger partial charge in [-0.25, -0.2) is 0 Å². The van der Waals surface area contributed by atoms with Gasteiger partial charge < -0.3 is 5.32 Å². The highest BCUT2D eigenvalue weighted by Crippen LogP contribution is 2.35. The number of rotatable bonds is 4. The smallest absolute Gasteiger partial charge is 0.0194 e. The van der Waals surface area contributed by atoms with E-state index in [1.165, 1.54) is 37.3 Å². The summed E-state index contributed by atoms with van der Waals surface area (Å²) in [6.07, 6.45) is 4.23. The molecule has 1 heterocycles. The zero-order chi connectivity index (χ0) is 12.5. The second kappa shape index (κ2) is 5.50. The summed E-state index contributed by atoms with van der Waals surface area (Å²) < 4.78 is 0. The number of nitrogens with zero attached hydrogens (tertiary/aromatic N) is 1. The van der Waals surface area contributed by atoms with Crippen molar-refractivity contribution >= 4 is 11.8 Å². The maximum atomic E-state index is 3.67. The molecule has 17 heavy (non-hydrogen) atoms. The summed E-state index contributed by atoms with van der Waals surface area (Å²) in [5, 5.41) is 3.67. The first-order valence-electron chi connectivity index (χ1n) is 7.02. The first-order valence-corrected chi connectivity index (χ1v) is 8.17. The van der Waals surface area contributed by atoms with Gasteiger partial charge in [-0.05, 0) is 65.3 Å². The van der Waals surface area contributed by atoms with Gasteiger partial charge in [-0.2, -0.15) is 11.8 Å². The molecule has 1 saturated carbocycles. The zero-order valence-corrected chi connectivity index (χ0v) is 12.6. The highest BCUT2D eigenvalue weighted by atomic mass is 32.2. The first kappa shape index (κ1) is 13.7. The van der Waals surface area contributed by atoms with Crippen molar-refractivity contribution in [2.45, 2.75) is 57.7 Å². The maximum Gasteiger partial charge on any atom is 0.0194 e. The average Bonchev–Trinajstić information content (AvgIpc) is 2.66. The lowest BCUT2D eigenvalue weighted by molar-refractivity contribution is 0.0542. The standard InChI is InChI=1S/C14H28N2S/c1-14(2,3)15-9-11-5-6-13(11)16(4)12-7-8-17-10-12/h11-13,15H,5-10H2,1-4H3. The lowest BCUT2D eigenvalue weighted by Crippen LogP contribution is -2.54. The monoisotopic (exact) mass is 256 g/mol. The van der Waals surface area contributed by atoms with Crippen LogP contribution in [0.4, 0.5) is 0 Å². The van der Waals surface area contributed by atoms with E-state index in [9.17, 15) is 0 Å². The number of hydrogen-bond donors (Lipinski definition) is 1. The molecule has 1 aliphatic heterocycles. The van der Waals surface area contributed by atoms with Crippen molar-refractivity contribution in [3.8, 4) is 0 Å². The Balaban J connectivity index is 1.77. The van der Waals surface area contributed by atoms with Gasteiger partial charge in [-0.15, -0.1) is 0 Å². The Morgan fingerprint density at radius 3 is 2.47 bits per heavy atom. The van der Waals surface area contributed by atoms with Crippen LogP contribution in [0.5, 0.6) is 0 Å². The molecule has 2 nitrogen and oxygen atoms in total. The second-order valence-electron chi connectivity index (χ2n) is 6.72. The largest absolute Gasteiger partial charge is 0.312 e. The van der Waals surface area contributed by atoms with Gasteiger partial charge in [0.1, 0.15) is 0 Å². The van der Waals surface area contributed by atoms with Crippen LogP contribution < -0.4 is 5.32 Å². The summed E-state index contributed by atoms with van der Waals surface area (Å²) in [6, 6.07) is 1.69. The van der Waals surface area contributed by atoms with Gasteiger partial charge in [-0.3, -0.25) is 4.90 Å².